The quantitative estimate of drug-likeness (QED) is 0.718. The smallest absolute Gasteiger partial charge is 0.123 e. The van der Waals surface area contributed by atoms with Gasteiger partial charge in [0.2, 0.25) is 0 Å². The summed E-state index contributed by atoms with van der Waals surface area (Å²) in [4.78, 5) is 0. The highest BCUT2D eigenvalue weighted by Crippen LogP contribution is 2.31. The highest BCUT2D eigenvalue weighted by molar-refractivity contribution is 5.46. The van der Waals surface area contributed by atoms with Crippen LogP contribution in [0, 0.1) is 20.8 Å². The van der Waals surface area contributed by atoms with Gasteiger partial charge in [-0.05, 0) is 55.2 Å². The third kappa shape index (κ3) is 2.67. The molecule has 0 bridgehead atoms. The van der Waals surface area contributed by atoms with E-state index in [0.29, 0.717) is 5.92 Å². The molecule has 1 aromatic heterocycles. The summed E-state index contributed by atoms with van der Waals surface area (Å²) in [6.45, 7) is 8.84. The first-order valence-corrected chi connectivity index (χ1v) is 7.59. The summed E-state index contributed by atoms with van der Waals surface area (Å²) in [6, 6.07) is 13.1. The number of hydrogen-bond donors (Lipinski definition) is 0. The molecule has 1 atom stereocenters. The summed E-state index contributed by atoms with van der Waals surface area (Å²) in [5.41, 5.74) is 7.87. The molecule has 0 saturated heterocycles. The number of nitrogens with zero attached hydrogens (tertiary/aromatic N) is 3. The minimum absolute atomic E-state index is 0.358. The molecule has 112 valence electrons. The van der Waals surface area contributed by atoms with Crippen molar-refractivity contribution in [2.75, 3.05) is 0 Å². The van der Waals surface area contributed by atoms with Crippen LogP contribution in [0.1, 0.15) is 40.7 Å². The molecule has 1 unspecified atom stereocenters. The number of aromatic nitrogens is 3. The van der Waals surface area contributed by atoms with Crippen molar-refractivity contribution in [3.05, 3.63) is 76.9 Å². The molecule has 0 aliphatic heterocycles. The van der Waals surface area contributed by atoms with E-state index in [1.54, 1.807) is 12.7 Å². The topological polar surface area (TPSA) is 30.7 Å². The Balaban J connectivity index is 2.03. The Labute approximate surface area is 131 Å². The van der Waals surface area contributed by atoms with E-state index >= 15 is 0 Å². The third-order valence-corrected chi connectivity index (χ3v) is 4.26. The first kappa shape index (κ1) is 14.5. The lowest BCUT2D eigenvalue weighted by molar-refractivity contribution is 0.891. The Hall–Kier alpha value is -2.42. The lowest BCUT2D eigenvalue weighted by Crippen LogP contribution is -2.03. The minimum Gasteiger partial charge on any atom is -0.288 e. The molecule has 0 amide bonds. The molecule has 3 aromatic rings. The zero-order valence-corrected chi connectivity index (χ0v) is 13.5. The molecule has 0 aliphatic rings. The monoisotopic (exact) mass is 291 g/mol. The van der Waals surface area contributed by atoms with Gasteiger partial charge in [-0.15, -0.1) is 10.2 Å². The normalized spacial score (nSPS) is 12.4. The van der Waals surface area contributed by atoms with Crippen molar-refractivity contribution in [1.29, 1.82) is 0 Å². The van der Waals surface area contributed by atoms with Crippen LogP contribution in [0.4, 0.5) is 0 Å². The van der Waals surface area contributed by atoms with Crippen LogP contribution in [-0.2, 0) is 0 Å². The molecule has 0 radical (unpaired) electrons. The maximum Gasteiger partial charge on any atom is 0.123 e. The molecule has 1 heterocycles. The highest BCUT2D eigenvalue weighted by Gasteiger charge is 2.14. The summed E-state index contributed by atoms with van der Waals surface area (Å²) in [6.07, 6.45) is 3.46. The van der Waals surface area contributed by atoms with E-state index < -0.39 is 0 Å². The molecule has 2 aromatic carbocycles. The summed E-state index contributed by atoms with van der Waals surface area (Å²) < 4.78 is 1.94. The number of benzene rings is 2. The van der Waals surface area contributed by atoms with Gasteiger partial charge in [0.1, 0.15) is 12.7 Å². The van der Waals surface area contributed by atoms with Crippen molar-refractivity contribution in [1.82, 2.24) is 14.8 Å². The fourth-order valence-corrected chi connectivity index (χ4v) is 3.33. The molecule has 0 spiro atoms. The van der Waals surface area contributed by atoms with Crippen molar-refractivity contribution in [2.24, 2.45) is 0 Å². The minimum atomic E-state index is 0.358. The van der Waals surface area contributed by atoms with E-state index in [0.717, 1.165) is 5.69 Å². The van der Waals surface area contributed by atoms with Gasteiger partial charge in [-0.1, -0.05) is 36.8 Å². The fraction of sp³-hybridized carbons (Fsp3) is 0.263. The van der Waals surface area contributed by atoms with Crippen LogP contribution in [0.2, 0.25) is 0 Å². The van der Waals surface area contributed by atoms with Crippen LogP contribution in [0.5, 0.6) is 0 Å². The maximum absolute atomic E-state index is 3.88. The Morgan fingerprint density at radius 3 is 2.18 bits per heavy atom. The van der Waals surface area contributed by atoms with Crippen LogP contribution in [0.25, 0.3) is 5.69 Å². The van der Waals surface area contributed by atoms with Gasteiger partial charge in [-0.25, -0.2) is 0 Å². The van der Waals surface area contributed by atoms with E-state index in [1.165, 1.54) is 27.8 Å². The van der Waals surface area contributed by atoms with Crippen LogP contribution in [0.3, 0.4) is 0 Å². The van der Waals surface area contributed by atoms with E-state index in [-0.39, 0.29) is 0 Å². The van der Waals surface area contributed by atoms with Crippen molar-refractivity contribution >= 4 is 0 Å². The Bertz CT molecular complexity index is 765. The predicted molar refractivity (Wildman–Crippen MR) is 89.5 cm³/mol. The van der Waals surface area contributed by atoms with Gasteiger partial charge in [0.15, 0.2) is 0 Å². The van der Waals surface area contributed by atoms with E-state index in [1.807, 2.05) is 4.57 Å². The van der Waals surface area contributed by atoms with E-state index in [9.17, 15) is 0 Å². The molecule has 3 heteroatoms. The first-order chi connectivity index (χ1) is 10.6. The average molecular weight is 291 g/mol. The molecule has 22 heavy (non-hydrogen) atoms. The molecule has 0 saturated carbocycles. The zero-order valence-electron chi connectivity index (χ0n) is 13.5. The van der Waals surface area contributed by atoms with Crippen LogP contribution >= 0.6 is 0 Å². The fourth-order valence-electron chi connectivity index (χ4n) is 3.33. The number of aryl methyl sites for hydroxylation is 3. The second kappa shape index (κ2) is 5.76. The van der Waals surface area contributed by atoms with Gasteiger partial charge in [0, 0.05) is 11.6 Å². The molecule has 3 rings (SSSR count). The summed E-state index contributed by atoms with van der Waals surface area (Å²) in [7, 11) is 0. The van der Waals surface area contributed by atoms with Crippen molar-refractivity contribution in [3.63, 3.8) is 0 Å². The third-order valence-electron chi connectivity index (χ3n) is 4.26. The van der Waals surface area contributed by atoms with Gasteiger partial charge < -0.3 is 0 Å². The lowest BCUT2D eigenvalue weighted by Gasteiger charge is -2.19. The Morgan fingerprint density at radius 2 is 1.55 bits per heavy atom. The number of rotatable bonds is 3. The highest BCUT2D eigenvalue weighted by atomic mass is 15.2. The molecule has 0 fully saturated rings. The Morgan fingerprint density at radius 1 is 0.909 bits per heavy atom. The van der Waals surface area contributed by atoms with Crippen LogP contribution in [0.15, 0.2) is 49.1 Å². The molecule has 3 nitrogen and oxygen atoms in total. The second-order valence-electron chi connectivity index (χ2n) is 6.00. The number of hydrogen-bond acceptors (Lipinski definition) is 2. The van der Waals surface area contributed by atoms with Crippen LogP contribution < -0.4 is 0 Å². The molecule has 0 N–H and O–H groups in total. The van der Waals surface area contributed by atoms with Crippen molar-refractivity contribution in [2.45, 2.75) is 33.6 Å². The van der Waals surface area contributed by atoms with E-state index in [4.69, 9.17) is 0 Å². The second-order valence-corrected chi connectivity index (χ2v) is 6.00. The van der Waals surface area contributed by atoms with E-state index in [2.05, 4.69) is 74.3 Å². The molecule has 0 aliphatic carbocycles. The van der Waals surface area contributed by atoms with Gasteiger partial charge >= 0.3 is 0 Å². The molecular formula is C19H21N3. The van der Waals surface area contributed by atoms with Gasteiger partial charge in [0.05, 0.1) is 0 Å². The standard InChI is InChI=1S/C19H21N3/c1-13-8-14(2)19(15(3)9-13)16(4)17-6-5-7-18(10-17)22-11-20-21-12-22/h5-12,16H,1-4H3. The summed E-state index contributed by atoms with van der Waals surface area (Å²) >= 11 is 0. The average Bonchev–Trinajstić information content (AvgIpc) is 3.00. The summed E-state index contributed by atoms with van der Waals surface area (Å²) in [5, 5.41) is 7.76. The zero-order chi connectivity index (χ0) is 15.7. The van der Waals surface area contributed by atoms with Gasteiger partial charge in [0.25, 0.3) is 0 Å². The van der Waals surface area contributed by atoms with Gasteiger partial charge in [-0.3, -0.25) is 4.57 Å². The first-order valence-electron chi connectivity index (χ1n) is 7.59. The van der Waals surface area contributed by atoms with Gasteiger partial charge in [-0.2, -0.15) is 0 Å². The van der Waals surface area contributed by atoms with Crippen molar-refractivity contribution < 1.29 is 0 Å². The summed E-state index contributed by atoms with van der Waals surface area (Å²) in [5.74, 6) is 0.358. The van der Waals surface area contributed by atoms with Crippen LogP contribution in [-0.4, -0.2) is 14.8 Å². The Kier molecular flexibility index (Phi) is 3.80. The SMILES string of the molecule is Cc1cc(C)c(C(C)c2cccc(-n3cnnc3)c2)c(C)c1. The largest absolute Gasteiger partial charge is 0.288 e. The molecular weight excluding hydrogens is 270 g/mol. The maximum atomic E-state index is 3.88. The predicted octanol–water partition coefficient (Wildman–Crippen LogP) is 4.34. The van der Waals surface area contributed by atoms with Crippen molar-refractivity contribution in [3.8, 4) is 5.69 Å². The lowest BCUT2D eigenvalue weighted by atomic mass is 9.86.